The molecule has 0 aliphatic heterocycles. The predicted molar refractivity (Wildman–Crippen MR) is 85.3 cm³/mol. The maximum Gasteiger partial charge on any atom is 0.288 e. The van der Waals surface area contributed by atoms with E-state index in [2.05, 4.69) is 5.32 Å². The lowest BCUT2D eigenvalue weighted by Gasteiger charge is -2.33. The van der Waals surface area contributed by atoms with Gasteiger partial charge in [-0.2, -0.15) is 8.78 Å². The summed E-state index contributed by atoms with van der Waals surface area (Å²) in [5.74, 6) is -2.53. The maximum absolute atomic E-state index is 12.2. The summed E-state index contributed by atoms with van der Waals surface area (Å²) in [5, 5.41) is 2.90. The first-order chi connectivity index (χ1) is 9.28. The zero-order valence-electron chi connectivity index (χ0n) is 12.2. The van der Waals surface area contributed by atoms with Crippen LogP contribution in [0.4, 0.5) is 8.78 Å². The highest BCUT2D eigenvalue weighted by Gasteiger charge is 2.28. The SMILES string of the molecule is CC(C)C(C)(CN)NC(=O)c1ccc(SC(F)F)cc1.Cl. The van der Waals surface area contributed by atoms with Crippen molar-refractivity contribution >= 4 is 30.1 Å². The van der Waals surface area contributed by atoms with Gasteiger partial charge in [0.15, 0.2) is 0 Å². The molecule has 0 aromatic heterocycles. The summed E-state index contributed by atoms with van der Waals surface area (Å²) in [6.07, 6.45) is 0. The minimum atomic E-state index is -2.46. The number of alkyl halides is 2. The summed E-state index contributed by atoms with van der Waals surface area (Å²) in [7, 11) is 0. The van der Waals surface area contributed by atoms with Crippen LogP contribution < -0.4 is 11.1 Å². The van der Waals surface area contributed by atoms with Crippen LogP contribution in [-0.2, 0) is 0 Å². The molecule has 1 aromatic carbocycles. The van der Waals surface area contributed by atoms with Gasteiger partial charge < -0.3 is 11.1 Å². The van der Waals surface area contributed by atoms with E-state index in [-0.39, 0.29) is 24.2 Å². The molecular formula is C14H21ClF2N2OS. The number of carbonyl (C=O) groups is 1. The molecule has 0 saturated heterocycles. The van der Waals surface area contributed by atoms with Crippen molar-refractivity contribution in [2.24, 2.45) is 11.7 Å². The van der Waals surface area contributed by atoms with E-state index in [1.807, 2.05) is 20.8 Å². The molecule has 0 spiro atoms. The quantitative estimate of drug-likeness (QED) is 0.780. The van der Waals surface area contributed by atoms with Gasteiger partial charge in [-0.25, -0.2) is 0 Å². The van der Waals surface area contributed by atoms with Crippen molar-refractivity contribution in [2.45, 2.75) is 37.0 Å². The van der Waals surface area contributed by atoms with Crippen LogP contribution in [0.3, 0.4) is 0 Å². The first-order valence-electron chi connectivity index (χ1n) is 6.36. The Morgan fingerprint density at radius 2 is 1.86 bits per heavy atom. The lowest BCUT2D eigenvalue weighted by molar-refractivity contribution is 0.0883. The van der Waals surface area contributed by atoms with E-state index in [4.69, 9.17) is 5.73 Å². The highest BCUT2D eigenvalue weighted by molar-refractivity contribution is 7.99. The molecule has 1 atom stereocenters. The summed E-state index contributed by atoms with van der Waals surface area (Å²) in [5.41, 5.74) is 5.65. The lowest BCUT2D eigenvalue weighted by atomic mass is 9.88. The van der Waals surface area contributed by atoms with E-state index in [0.29, 0.717) is 28.8 Å². The predicted octanol–water partition coefficient (Wildman–Crippen LogP) is 3.53. The van der Waals surface area contributed by atoms with Gasteiger partial charge in [0, 0.05) is 17.0 Å². The fourth-order valence-corrected chi connectivity index (χ4v) is 2.05. The number of rotatable bonds is 6. The number of nitrogens with two attached hydrogens (primary N) is 1. The van der Waals surface area contributed by atoms with Gasteiger partial charge in [0.2, 0.25) is 0 Å². The van der Waals surface area contributed by atoms with Gasteiger partial charge in [-0.1, -0.05) is 25.6 Å². The third-order valence-corrected chi connectivity index (χ3v) is 4.16. The standard InChI is InChI=1S/C14H20F2N2OS.ClH/c1-9(2)14(3,8-17)18-12(19)10-4-6-11(7-5-10)20-13(15)16;/h4-7,9,13H,8,17H2,1-3H3,(H,18,19);1H. The number of hydrogen-bond acceptors (Lipinski definition) is 3. The van der Waals surface area contributed by atoms with Gasteiger partial charge in [-0.15, -0.1) is 12.4 Å². The summed E-state index contributed by atoms with van der Waals surface area (Å²) in [4.78, 5) is 12.6. The molecule has 0 radical (unpaired) electrons. The van der Waals surface area contributed by atoms with Crippen LogP contribution in [0.15, 0.2) is 29.2 Å². The number of benzene rings is 1. The van der Waals surface area contributed by atoms with Crippen LogP contribution >= 0.6 is 24.2 Å². The van der Waals surface area contributed by atoms with Gasteiger partial charge in [-0.3, -0.25) is 4.79 Å². The zero-order chi connectivity index (χ0) is 15.3. The Morgan fingerprint density at radius 3 is 2.24 bits per heavy atom. The largest absolute Gasteiger partial charge is 0.345 e. The summed E-state index contributed by atoms with van der Waals surface area (Å²) >= 11 is 0.456. The molecule has 1 aromatic rings. The van der Waals surface area contributed by atoms with Gasteiger partial charge in [0.25, 0.3) is 11.7 Å². The van der Waals surface area contributed by atoms with E-state index in [1.165, 1.54) is 24.3 Å². The summed E-state index contributed by atoms with van der Waals surface area (Å²) in [6, 6.07) is 6.11. The monoisotopic (exact) mass is 338 g/mol. The molecular weight excluding hydrogens is 318 g/mol. The van der Waals surface area contributed by atoms with E-state index in [1.54, 1.807) is 0 Å². The van der Waals surface area contributed by atoms with Gasteiger partial charge >= 0.3 is 0 Å². The molecule has 3 N–H and O–H groups in total. The van der Waals surface area contributed by atoms with Crippen molar-refractivity contribution in [2.75, 3.05) is 6.54 Å². The minimum Gasteiger partial charge on any atom is -0.345 e. The van der Waals surface area contributed by atoms with Crippen LogP contribution in [-0.4, -0.2) is 23.7 Å². The first-order valence-corrected chi connectivity index (χ1v) is 7.24. The Kier molecular flexibility index (Phi) is 8.21. The molecule has 0 aliphatic rings. The van der Waals surface area contributed by atoms with Crippen LogP contribution in [0.2, 0.25) is 0 Å². The normalized spacial score (nSPS) is 13.7. The topological polar surface area (TPSA) is 55.1 Å². The Balaban J connectivity index is 0.00000400. The fourth-order valence-electron chi connectivity index (χ4n) is 1.55. The zero-order valence-corrected chi connectivity index (χ0v) is 13.9. The molecule has 3 nitrogen and oxygen atoms in total. The van der Waals surface area contributed by atoms with Crippen LogP contribution in [0, 0.1) is 5.92 Å². The Hall–Kier alpha value is -0.850. The first kappa shape index (κ1) is 20.1. The molecule has 1 unspecified atom stereocenters. The average Bonchev–Trinajstić information content (AvgIpc) is 2.38. The van der Waals surface area contributed by atoms with E-state index in [0.717, 1.165) is 0 Å². The summed E-state index contributed by atoms with van der Waals surface area (Å²) in [6.45, 7) is 6.18. The number of carbonyl (C=O) groups excluding carboxylic acids is 1. The van der Waals surface area contributed by atoms with E-state index < -0.39 is 11.3 Å². The molecule has 7 heteroatoms. The van der Waals surface area contributed by atoms with Gasteiger partial charge in [0.1, 0.15) is 0 Å². The van der Waals surface area contributed by atoms with E-state index in [9.17, 15) is 13.6 Å². The third-order valence-electron chi connectivity index (χ3n) is 3.44. The van der Waals surface area contributed by atoms with Crippen molar-refractivity contribution in [1.29, 1.82) is 0 Å². The molecule has 1 rings (SSSR count). The molecule has 1 amide bonds. The fraction of sp³-hybridized carbons (Fsp3) is 0.500. The second-order valence-corrected chi connectivity index (χ2v) is 6.20. The number of thioether (sulfide) groups is 1. The maximum atomic E-state index is 12.2. The highest BCUT2D eigenvalue weighted by atomic mass is 35.5. The number of amides is 1. The van der Waals surface area contributed by atoms with E-state index >= 15 is 0 Å². The van der Waals surface area contributed by atoms with Crippen LogP contribution in [0.5, 0.6) is 0 Å². The molecule has 0 heterocycles. The molecule has 0 aliphatic carbocycles. The highest BCUT2D eigenvalue weighted by Crippen LogP contribution is 2.25. The Bertz CT molecular complexity index is 457. The average molecular weight is 339 g/mol. The second-order valence-electron chi connectivity index (χ2n) is 5.13. The Morgan fingerprint density at radius 1 is 1.33 bits per heavy atom. The number of hydrogen-bond donors (Lipinski definition) is 2. The number of halogens is 3. The van der Waals surface area contributed by atoms with Gasteiger partial charge in [-0.05, 0) is 37.1 Å². The van der Waals surface area contributed by atoms with Crippen molar-refractivity contribution in [1.82, 2.24) is 5.32 Å². The van der Waals surface area contributed by atoms with Crippen molar-refractivity contribution < 1.29 is 13.6 Å². The minimum absolute atomic E-state index is 0. The van der Waals surface area contributed by atoms with Gasteiger partial charge in [0.05, 0.1) is 5.54 Å². The Labute approximate surface area is 134 Å². The van der Waals surface area contributed by atoms with Crippen LogP contribution in [0.25, 0.3) is 0 Å². The molecule has 21 heavy (non-hydrogen) atoms. The lowest BCUT2D eigenvalue weighted by Crippen LogP contribution is -2.55. The second kappa shape index (κ2) is 8.56. The molecule has 120 valence electrons. The van der Waals surface area contributed by atoms with Crippen molar-refractivity contribution in [3.8, 4) is 0 Å². The van der Waals surface area contributed by atoms with Crippen molar-refractivity contribution in [3.05, 3.63) is 29.8 Å². The summed E-state index contributed by atoms with van der Waals surface area (Å²) < 4.78 is 24.4. The molecule has 0 fully saturated rings. The third kappa shape index (κ3) is 5.80. The van der Waals surface area contributed by atoms with Crippen molar-refractivity contribution in [3.63, 3.8) is 0 Å². The smallest absolute Gasteiger partial charge is 0.288 e. The molecule has 0 saturated carbocycles. The number of nitrogens with one attached hydrogen (secondary N) is 1. The molecule has 0 bridgehead atoms. The van der Waals surface area contributed by atoms with Crippen LogP contribution in [0.1, 0.15) is 31.1 Å².